The molecule has 0 amide bonds. The van der Waals surface area contributed by atoms with Gasteiger partial charge < -0.3 is 0 Å². The summed E-state index contributed by atoms with van der Waals surface area (Å²) in [5, 5.41) is 0.334. The van der Waals surface area contributed by atoms with Crippen molar-refractivity contribution in [2.45, 2.75) is 44.6 Å². The van der Waals surface area contributed by atoms with Gasteiger partial charge in [0.15, 0.2) is 5.78 Å². The van der Waals surface area contributed by atoms with Crippen LogP contribution in [0.1, 0.15) is 38.2 Å². The maximum Gasteiger partial charge on any atom is 0.157 e. The van der Waals surface area contributed by atoms with Crippen molar-refractivity contribution >= 4 is 17.4 Å². The first kappa shape index (κ1) is 16.4. The molecule has 4 heteroatoms. The molecule has 1 aliphatic rings. The lowest BCUT2D eigenvalue weighted by Gasteiger charge is -2.44. The first-order valence-electron chi connectivity index (χ1n) is 7.50. The van der Waals surface area contributed by atoms with E-state index in [2.05, 4.69) is 6.92 Å². The predicted octanol–water partition coefficient (Wildman–Crippen LogP) is 4.10. The molecule has 2 rings (SSSR count). The molecule has 1 saturated carbocycles. The van der Waals surface area contributed by atoms with Crippen LogP contribution in [0, 0.1) is 11.7 Å². The summed E-state index contributed by atoms with van der Waals surface area (Å²) < 4.78 is 13.9. The molecule has 0 bridgehead atoms. The third-order valence-electron chi connectivity index (χ3n) is 4.75. The standard InChI is InChI=1S/C17H23ClFNO/c1-12-6-5-9-17(11-12,20(2)3)16(21)10-13-14(18)7-4-8-15(13)19/h4,7-8,12H,5-6,9-11H2,1-3H3. The topological polar surface area (TPSA) is 20.3 Å². The van der Waals surface area contributed by atoms with E-state index in [4.69, 9.17) is 11.6 Å². The Morgan fingerprint density at radius 3 is 2.76 bits per heavy atom. The monoisotopic (exact) mass is 311 g/mol. The number of nitrogens with zero attached hydrogens (tertiary/aromatic N) is 1. The Balaban J connectivity index is 2.28. The minimum absolute atomic E-state index is 0.0659. The number of likely N-dealkylation sites (N-methyl/N-ethyl adjacent to an activating group) is 1. The second-order valence-electron chi connectivity index (χ2n) is 6.43. The normalized spacial score (nSPS) is 26.1. The fourth-order valence-corrected chi connectivity index (χ4v) is 3.69. The van der Waals surface area contributed by atoms with Gasteiger partial charge in [0.05, 0.1) is 5.54 Å². The molecule has 1 aromatic carbocycles. The predicted molar refractivity (Wildman–Crippen MR) is 84.2 cm³/mol. The summed E-state index contributed by atoms with van der Waals surface area (Å²) in [7, 11) is 3.89. The van der Waals surface area contributed by atoms with E-state index in [1.165, 1.54) is 6.07 Å². The van der Waals surface area contributed by atoms with Gasteiger partial charge in [0.25, 0.3) is 0 Å². The Labute approximate surface area is 131 Å². The van der Waals surface area contributed by atoms with Gasteiger partial charge >= 0.3 is 0 Å². The third-order valence-corrected chi connectivity index (χ3v) is 5.10. The van der Waals surface area contributed by atoms with E-state index in [1.807, 2.05) is 19.0 Å². The number of rotatable bonds is 4. The van der Waals surface area contributed by atoms with E-state index in [-0.39, 0.29) is 12.2 Å². The van der Waals surface area contributed by atoms with Crippen LogP contribution in [-0.2, 0) is 11.2 Å². The van der Waals surface area contributed by atoms with Crippen molar-refractivity contribution in [1.82, 2.24) is 4.90 Å². The van der Waals surface area contributed by atoms with E-state index in [9.17, 15) is 9.18 Å². The number of carbonyl (C=O) groups excluding carboxylic acids is 1. The Hall–Kier alpha value is -0.930. The van der Waals surface area contributed by atoms with Gasteiger partial charge in [-0.2, -0.15) is 0 Å². The van der Waals surface area contributed by atoms with Crippen LogP contribution in [0.15, 0.2) is 18.2 Å². The number of Topliss-reactive ketones (excluding diaryl/α,β-unsaturated/α-hetero) is 1. The van der Waals surface area contributed by atoms with Crippen LogP contribution >= 0.6 is 11.6 Å². The summed E-state index contributed by atoms with van der Waals surface area (Å²) in [5.41, 5.74) is -0.160. The first-order valence-corrected chi connectivity index (χ1v) is 7.88. The smallest absolute Gasteiger partial charge is 0.157 e. The maximum atomic E-state index is 13.9. The quantitative estimate of drug-likeness (QED) is 0.834. The van der Waals surface area contributed by atoms with E-state index < -0.39 is 11.4 Å². The number of hydrogen-bond donors (Lipinski definition) is 0. The van der Waals surface area contributed by atoms with E-state index >= 15 is 0 Å². The molecule has 2 unspecified atom stereocenters. The zero-order valence-corrected chi connectivity index (χ0v) is 13.7. The van der Waals surface area contributed by atoms with Gasteiger partial charge in [0.2, 0.25) is 0 Å². The average molecular weight is 312 g/mol. The van der Waals surface area contributed by atoms with Crippen LogP contribution in [0.4, 0.5) is 4.39 Å². The molecular formula is C17H23ClFNO. The molecule has 1 aliphatic carbocycles. The molecule has 0 heterocycles. The molecule has 0 spiro atoms. The van der Waals surface area contributed by atoms with Crippen molar-refractivity contribution < 1.29 is 9.18 Å². The van der Waals surface area contributed by atoms with Crippen LogP contribution in [0.3, 0.4) is 0 Å². The van der Waals surface area contributed by atoms with E-state index in [1.54, 1.807) is 12.1 Å². The van der Waals surface area contributed by atoms with Crippen LogP contribution in [0.25, 0.3) is 0 Å². The van der Waals surface area contributed by atoms with E-state index in [0.29, 0.717) is 16.5 Å². The maximum absolute atomic E-state index is 13.9. The molecular weight excluding hydrogens is 289 g/mol. The van der Waals surface area contributed by atoms with Crippen LogP contribution in [0.5, 0.6) is 0 Å². The van der Waals surface area contributed by atoms with Crippen molar-refractivity contribution in [3.63, 3.8) is 0 Å². The lowest BCUT2D eigenvalue weighted by molar-refractivity contribution is -0.132. The second kappa shape index (κ2) is 6.45. The summed E-state index contributed by atoms with van der Waals surface area (Å²) in [6.07, 6.45) is 3.94. The number of halogens is 2. The lowest BCUT2D eigenvalue weighted by Crippen LogP contribution is -2.54. The average Bonchev–Trinajstić information content (AvgIpc) is 2.42. The van der Waals surface area contributed by atoms with Crippen LogP contribution < -0.4 is 0 Å². The van der Waals surface area contributed by atoms with Gasteiger partial charge in [-0.15, -0.1) is 0 Å². The highest BCUT2D eigenvalue weighted by Crippen LogP contribution is 2.37. The van der Waals surface area contributed by atoms with Crippen molar-refractivity contribution in [3.05, 3.63) is 34.6 Å². The summed E-state index contributed by atoms with van der Waals surface area (Å²) >= 11 is 6.06. The largest absolute Gasteiger partial charge is 0.297 e. The SMILES string of the molecule is CC1CCCC(C(=O)Cc2c(F)cccc2Cl)(N(C)C)C1. The third kappa shape index (κ3) is 3.29. The number of ketones is 1. The summed E-state index contributed by atoms with van der Waals surface area (Å²) in [6, 6.07) is 4.56. The molecule has 0 N–H and O–H groups in total. The van der Waals surface area contributed by atoms with Crippen molar-refractivity contribution in [2.24, 2.45) is 5.92 Å². The Bertz CT molecular complexity index is 511. The molecule has 0 radical (unpaired) electrons. The van der Waals surface area contributed by atoms with E-state index in [0.717, 1.165) is 25.7 Å². The van der Waals surface area contributed by atoms with Crippen molar-refractivity contribution in [1.29, 1.82) is 0 Å². The molecule has 21 heavy (non-hydrogen) atoms. The minimum Gasteiger partial charge on any atom is -0.297 e. The van der Waals surface area contributed by atoms with Crippen LogP contribution in [0.2, 0.25) is 5.02 Å². The molecule has 0 aliphatic heterocycles. The highest BCUT2D eigenvalue weighted by Gasteiger charge is 2.43. The van der Waals surface area contributed by atoms with Gasteiger partial charge in [-0.1, -0.05) is 37.4 Å². The molecule has 2 atom stereocenters. The summed E-state index contributed by atoms with van der Waals surface area (Å²) in [4.78, 5) is 14.9. The summed E-state index contributed by atoms with van der Waals surface area (Å²) in [5.74, 6) is 0.195. The fourth-order valence-electron chi connectivity index (χ4n) is 3.46. The molecule has 116 valence electrons. The fraction of sp³-hybridized carbons (Fsp3) is 0.588. The lowest BCUT2D eigenvalue weighted by atomic mass is 9.72. The number of carbonyl (C=O) groups is 1. The zero-order valence-electron chi connectivity index (χ0n) is 13.0. The first-order chi connectivity index (χ1) is 9.86. The second-order valence-corrected chi connectivity index (χ2v) is 6.83. The Kier molecular flexibility index (Phi) is 5.05. The van der Waals surface area contributed by atoms with Gasteiger partial charge in [-0.05, 0) is 45.0 Å². The molecule has 1 aromatic rings. The van der Waals surface area contributed by atoms with Crippen LogP contribution in [-0.4, -0.2) is 30.3 Å². The van der Waals surface area contributed by atoms with Crippen molar-refractivity contribution in [2.75, 3.05) is 14.1 Å². The molecule has 0 aromatic heterocycles. The highest BCUT2D eigenvalue weighted by atomic mass is 35.5. The van der Waals surface area contributed by atoms with Gasteiger partial charge in [0.1, 0.15) is 5.82 Å². The van der Waals surface area contributed by atoms with Crippen molar-refractivity contribution in [3.8, 4) is 0 Å². The van der Waals surface area contributed by atoms with Gasteiger partial charge in [0, 0.05) is 17.0 Å². The Morgan fingerprint density at radius 2 is 2.19 bits per heavy atom. The Morgan fingerprint density at radius 1 is 1.48 bits per heavy atom. The zero-order chi connectivity index (χ0) is 15.6. The van der Waals surface area contributed by atoms with Gasteiger partial charge in [-0.25, -0.2) is 4.39 Å². The molecule has 2 nitrogen and oxygen atoms in total. The molecule has 0 saturated heterocycles. The minimum atomic E-state index is -0.483. The number of hydrogen-bond acceptors (Lipinski definition) is 2. The highest BCUT2D eigenvalue weighted by molar-refractivity contribution is 6.31. The summed E-state index contributed by atoms with van der Waals surface area (Å²) in [6.45, 7) is 2.18. The molecule has 1 fully saturated rings. The number of benzene rings is 1. The van der Waals surface area contributed by atoms with Gasteiger partial charge in [-0.3, -0.25) is 9.69 Å².